The highest BCUT2D eigenvalue weighted by atomic mass is 16.8. The summed E-state index contributed by atoms with van der Waals surface area (Å²) in [5.41, 5.74) is 0.140. The first-order chi connectivity index (χ1) is 28.2. The van der Waals surface area contributed by atoms with E-state index < -0.39 is 97.9 Å². The number of fused-ring (bicyclic) bond motifs is 2. The van der Waals surface area contributed by atoms with Crippen molar-refractivity contribution in [2.24, 2.45) is 11.8 Å². The lowest BCUT2D eigenvalue weighted by atomic mass is 9.86. The van der Waals surface area contributed by atoms with Crippen LogP contribution in [0.15, 0.2) is 48.6 Å². The van der Waals surface area contributed by atoms with Gasteiger partial charge in [-0.15, -0.1) is 0 Å². The smallest absolute Gasteiger partial charge is 0.331 e. The number of unbranched alkanes of at least 4 members (excludes halogenated alkanes) is 3. The maximum atomic E-state index is 13.3. The third kappa shape index (κ3) is 12.6. The Bertz CT molecular complexity index is 1580. The van der Waals surface area contributed by atoms with E-state index >= 15 is 0 Å². The van der Waals surface area contributed by atoms with Crippen molar-refractivity contribution in [1.29, 1.82) is 0 Å². The van der Waals surface area contributed by atoms with E-state index in [9.17, 15) is 50.4 Å². The molecule has 1 aromatic carbocycles. The summed E-state index contributed by atoms with van der Waals surface area (Å²) in [5, 5.41) is 86.5. The first kappa shape index (κ1) is 48.2. The Balaban J connectivity index is 1.50. The molecular formula is C43H64O16. The Morgan fingerprint density at radius 1 is 0.966 bits per heavy atom. The van der Waals surface area contributed by atoms with Crippen LogP contribution in [-0.2, 0) is 50.4 Å². The summed E-state index contributed by atoms with van der Waals surface area (Å²) in [5.74, 6) is -4.04. The predicted molar refractivity (Wildman–Crippen MR) is 211 cm³/mol. The van der Waals surface area contributed by atoms with Crippen molar-refractivity contribution < 1.29 is 78.9 Å². The third-order valence-electron chi connectivity index (χ3n) is 11.1. The number of phenolic OH excluding ortho intramolecular Hbond substituents is 2. The average molecular weight is 837 g/mol. The Labute approximate surface area is 345 Å². The molecule has 1 spiro atoms. The second-order valence-corrected chi connectivity index (χ2v) is 15.7. The lowest BCUT2D eigenvalue weighted by Crippen LogP contribution is -2.67. The molecule has 0 aromatic heterocycles. The van der Waals surface area contributed by atoms with Gasteiger partial charge in [0.25, 0.3) is 0 Å². The number of aliphatic hydroxyl groups excluding tert-OH is 6. The minimum Gasteiger partial charge on any atom is -0.508 e. The molecule has 3 aliphatic heterocycles. The van der Waals surface area contributed by atoms with Crippen molar-refractivity contribution in [3.05, 3.63) is 59.7 Å². The molecule has 4 rings (SSSR count). The largest absolute Gasteiger partial charge is 0.508 e. The maximum absolute atomic E-state index is 13.3. The Hall–Kier alpha value is -3.42. The highest BCUT2D eigenvalue weighted by molar-refractivity contribution is 5.82. The Kier molecular flexibility index (Phi) is 18.8. The van der Waals surface area contributed by atoms with Crippen LogP contribution in [0.25, 0.3) is 0 Å². The SMILES string of the molecule is CCCCCC(=O)OC[C@H]1O[C@H](O[C@@H]2[C@H](OC(=O)/C=C/C=CC[C@@H](O)[C@H](C)CCC/C=C/[C@@H](C)CC)[C@@H](O)[C@]3(OCc4cc(O)cc(O)c43)O[C@@H]2CO)[C@@H](O)[C@H](O)[C@H]1O. The van der Waals surface area contributed by atoms with Crippen LogP contribution in [-0.4, -0.2) is 127 Å². The topological polar surface area (TPSA) is 251 Å². The number of aromatic hydroxyl groups is 2. The fraction of sp³-hybridized carbons (Fsp3) is 0.674. The van der Waals surface area contributed by atoms with Crippen molar-refractivity contribution in [3.63, 3.8) is 0 Å². The molecule has 0 bridgehead atoms. The first-order valence-electron chi connectivity index (χ1n) is 20.7. The van der Waals surface area contributed by atoms with E-state index in [1.807, 2.05) is 13.8 Å². The van der Waals surface area contributed by atoms with Gasteiger partial charge in [-0.2, -0.15) is 0 Å². The van der Waals surface area contributed by atoms with Crippen LogP contribution in [0.1, 0.15) is 96.6 Å². The normalized spacial score (nSPS) is 31.2. The van der Waals surface area contributed by atoms with Crippen molar-refractivity contribution in [2.45, 2.75) is 159 Å². The summed E-state index contributed by atoms with van der Waals surface area (Å²) in [6, 6.07) is 2.28. The van der Waals surface area contributed by atoms with Gasteiger partial charge in [0.2, 0.25) is 5.79 Å². The zero-order valence-corrected chi connectivity index (χ0v) is 34.4. The number of rotatable bonds is 21. The second kappa shape index (κ2) is 23.0. The van der Waals surface area contributed by atoms with Crippen molar-refractivity contribution in [1.82, 2.24) is 0 Å². The molecule has 0 unspecified atom stereocenters. The molecule has 16 heteroatoms. The van der Waals surface area contributed by atoms with E-state index in [0.717, 1.165) is 50.7 Å². The number of benzene rings is 1. The number of hydrogen-bond donors (Lipinski definition) is 8. The zero-order chi connectivity index (χ0) is 43.3. The van der Waals surface area contributed by atoms with E-state index in [4.69, 9.17) is 28.4 Å². The van der Waals surface area contributed by atoms with Gasteiger partial charge in [0, 0.05) is 18.6 Å². The molecule has 332 valence electrons. The van der Waals surface area contributed by atoms with Crippen LogP contribution in [0.2, 0.25) is 0 Å². The van der Waals surface area contributed by atoms with Crippen molar-refractivity contribution in [2.75, 3.05) is 13.2 Å². The van der Waals surface area contributed by atoms with Gasteiger partial charge in [0.15, 0.2) is 18.5 Å². The van der Waals surface area contributed by atoms with Gasteiger partial charge in [-0.3, -0.25) is 4.79 Å². The van der Waals surface area contributed by atoms with E-state index in [0.29, 0.717) is 18.8 Å². The number of phenols is 2. The fourth-order valence-electron chi connectivity index (χ4n) is 7.31. The predicted octanol–water partition coefficient (Wildman–Crippen LogP) is 3.03. The summed E-state index contributed by atoms with van der Waals surface area (Å²) in [7, 11) is 0. The van der Waals surface area contributed by atoms with Gasteiger partial charge in [0.1, 0.15) is 54.7 Å². The number of hydrogen-bond acceptors (Lipinski definition) is 16. The minimum atomic E-state index is -2.25. The fourth-order valence-corrected chi connectivity index (χ4v) is 7.31. The molecule has 3 aliphatic rings. The average Bonchev–Trinajstić information content (AvgIpc) is 3.58. The van der Waals surface area contributed by atoms with E-state index in [1.165, 1.54) is 12.1 Å². The molecular weight excluding hydrogens is 772 g/mol. The number of carbonyl (C=O) groups excluding carboxylic acids is 2. The van der Waals surface area contributed by atoms with Gasteiger partial charge in [0.05, 0.1) is 24.9 Å². The Morgan fingerprint density at radius 2 is 1.73 bits per heavy atom. The van der Waals surface area contributed by atoms with Gasteiger partial charge >= 0.3 is 11.9 Å². The summed E-state index contributed by atoms with van der Waals surface area (Å²) in [4.78, 5) is 25.6. The number of esters is 2. The number of allylic oxidation sites excluding steroid dienone is 4. The van der Waals surface area contributed by atoms with Crippen molar-refractivity contribution in [3.8, 4) is 11.5 Å². The molecule has 3 heterocycles. The van der Waals surface area contributed by atoms with Gasteiger partial charge in [-0.05, 0) is 55.6 Å². The maximum Gasteiger partial charge on any atom is 0.331 e. The molecule has 13 atom stereocenters. The number of ether oxygens (including phenoxy) is 6. The Morgan fingerprint density at radius 3 is 2.44 bits per heavy atom. The summed E-state index contributed by atoms with van der Waals surface area (Å²) < 4.78 is 34.7. The molecule has 59 heavy (non-hydrogen) atoms. The number of aliphatic hydroxyl groups is 6. The van der Waals surface area contributed by atoms with E-state index in [1.54, 1.807) is 12.2 Å². The molecule has 2 saturated heterocycles. The highest BCUT2D eigenvalue weighted by Crippen LogP contribution is 2.51. The second-order valence-electron chi connectivity index (χ2n) is 15.7. The standard InChI is InChI=1S/C43H64O16/c1-5-7-10-18-33(48)54-24-32-36(50)37(51)38(52)42(56-32)58-39-31(22-44)59-43(35-27(23-55-43)20-28(45)21-30(35)47)41(53)40(39)57-34(49)19-14-9-13-17-29(46)26(4)16-12-8-11-15-25(3)6-2/h9,11,13-15,19-21,25-26,29,31-32,36-42,44-47,50-53H,5-8,10,12,16-18,22-24H2,1-4H3/b13-9?,15-11+,19-14+/t25-,26+,29+,31+,32+,36-,37+,38-,39-,40-,41+,42+,43+/m0/s1. The molecule has 0 amide bonds. The summed E-state index contributed by atoms with van der Waals surface area (Å²) in [6.45, 7) is 6.64. The first-order valence-corrected chi connectivity index (χ1v) is 20.7. The molecule has 0 radical (unpaired) electrons. The molecule has 0 saturated carbocycles. The summed E-state index contributed by atoms with van der Waals surface area (Å²) in [6.07, 6.45) is 0.368. The molecule has 16 nitrogen and oxygen atoms in total. The highest BCUT2D eigenvalue weighted by Gasteiger charge is 2.63. The van der Waals surface area contributed by atoms with Gasteiger partial charge in [-0.25, -0.2) is 4.79 Å². The van der Waals surface area contributed by atoms with Crippen LogP contribution in [0.5, 0.6) is 11.5 Å². The third-order valence-corrected chi connectivity index (χ3v) is 11.1. The van der Waals surface area contributed by atoms with Crippen LogP contribution in [0, 0.1) is 11.8 Å². The van der Waals surface area contributed by atoms with E-state index in [2.05, 4.69) is 26.0 Å². The van der Waals surface area contributed by atoms with Crippen LogP contribution >= 0.6 is 0 Å². The van der Waals surface area contributed by atoms with Crippen LogP contribution < -0.4 is 0 Å². The van der Waals surface area contributed by atoms with Crippen molar-refractivity contribution >= 4 is 11.9 Å². The van der Waals surface area contributed by atoms with E-state index in [-0.39, 0.29) is 35.8 Å². The quantitative estimate of drug-likeness (QED) is 0.0291. The van der Waals surface area contributed by atoms with Gasteiger partial charge in [-0.1, -0.05) is 77.3 Å². The zero-order valence-electron chi connectivity index (χ0n) is 34.4. The van der Waals surface area contributed by atoms with Crippen LogP contribution in [0.4, 0.5) is 0 Å². The lowest BCUT2D eigenvalue weighted by molar-refractivity contribution is -0.395. The molecule has 0 aliphatic carbocycles. The summed E-state index contributed by atoms with van der Waals surface area (Å²) >= 11 is 0. The van der Waals surface area contributed by atoms with Gasteiger partial charge < -0.3 is 69.3 Å². The molecule has 8 N–H and O–H groups in total. The minimum absolute atomic E-state index is 0.0487. The monoisotopic (exact) mass is 836 g/mol. The molecule has 1 aromatic rings. The lowest BCUT2D eigenvalue weighted by Gasteiger charge is -2.50. The molecule has 2 fully saturated rings. The van der Waals surface area contributed by atoms with Crippen LogP contribution in [0.3, 0.4) is 0 Å². The number of carbonyl (C=O) groups is 2.